The number of thiophene rings is 1. The van der Waals surface area contributed by atoms with Gasteiger partial charge in [0.1, 0.15) is 16.8 Å². The molecule has 0 spiro atoms. The number of aromatic nitrogens is 2. The van der Waals surface area contributed by atoms with Gasteiger partial charge in [-0.05, 0) is 39.2 Å². The lowest BCUT2D eigenvalue weighted by molar-refractivity contribution is -0.143. The largest absolute Gasteiger partial charge is 0.368 e. The molecule has 146 valence electrons. The van der Waals surface area contributed by atoms with Crippen LogP contribution in [0.2, 0.25) is 0 Å². The fourth-order valence-electron chi connectivity index (χ4n) is 3.95. The van der Waals surface area contributed by atoms with Crippen LogP contribution in [0.25, 0.3) is 10.2 Å². The van der Waals surface area contributed by atoms with E-state index in [0.717, 1.165) is 41.2 Å². The smallest absolute Gasteiger partial charge is 0.259 e. The molecule has 2 fully saturated rings. The van der Waals surface area contributed by atoms with Gasteiger partial charge in [0.15, 0.2) is 0 Å². The number of carbonyl (C=O) groups excluding carboxylic acids is 1. The summed E-state index contributed by atoms with van der Waals surface area (Å²) in [7, 11) is 0. The second-order valence-corrected chi connectivity index (χ2v) is 8.66. The Morgan fingerprint density at radius 2 is 2.04 bits per heavy atom. The van der Waals surface area contributed by atoms with Crippen molar-refractivity contribution in [3.63, 3.8) is 0 Å². The summed E-state index contributed by atoms with van der Waals surface area (Å²) >= 11 is 1.57. The van der Waals surface area contributed by atoms with Gasteiger partial charge in [0.05, 0.1) is 11.4 Å². The number of nitrogens with one attached hydrogen (secondary N) is 1. The number of piperazine rings is 1. The maximum Gasteiger partial charge on any atom is 0.259 e. The minimum atomic E-state index is -0.250. The molecule has 8 heteroatoms. The normalized spacial score (nSPS) is 22.5. The molecule has 0 bridgehead atoms. The fraction of sp³-hybridized carbons (Fsp3) is 0.632. The topological polar surface area (TPSA) is 78.5 Å². The third-order valence-corrected chi connectivity index (χ3v) is 6.93. The van der Waals surface area contributed by atoms with Gasteiger partial charge in [0.25, 0.3) is 11.5 Å². The predicted octanol–water partition coefficient (Wildman–Crippen LogP) is 1.99. The molecular weight excluding hydrogens is 364 g/mol. The van der Waals surface area contributed by atoms with Gasteiger partial charge >= 0.3 is 0 Å². The molecule has 4 heterocycles. The zero-order valence-electron chi connectivity index (χ0n) is 16.1. The van der Waals surface area contributed by atoms with Crippen LogP contribution in [-0.2, 0) is 9.53 Å². The zero-order chi connectivity index (χ0) is 19.1. The monoisotopic (exact) mass is 390 g/mol. The van der Waals surface area contributed by atoms with E-state index in [2.05, 4.69) is 16.8 Å². The quantitative estimate of drug-likeness (QED) is 0.867. The maximum atomic E-state index is 12.5. The summed E-state index contributed by atoms with van der Waals surface area (Å²) < 4.78 is 5.52. The SMILES string of the molecule is Cc1sc2nc(C(C)N3CCN(C(=O)C4CCCO4)CC3)[nH]c(=O)c2c1C. The molecule has 2 aromatic rings. The van der Waals surface area contributed by atoms with Crippen molar-refractivity contribution in [2.75, 3.05) is 32.8 Å². The van der Waals surface area contributed by atoms with E-state index in [9.17, 15) is 9.59 Å². The molecule has 0 aromatic carbocycles. The molecule has 0 radical (unpaired) electrons. The fourth-order valence-corrected chi connectivity index (χ4v) is 4.98. The first kappa shape index (κ1) is 18.6. The Kier molecular flexibility index (Phi) is 5.05. The second-order valence-electron chi connectivity index (χ2n) is 7.45. The van der Waals surface area contributed by atoms with E-state index >= 15 is 0 Å². The molecule has 27 heavy (non-hydrogen) atoms. The summed E-state index contributed by atoms with van der Waals surface area (Å²) in [4.78, 5) is 38.9. The predicted molar refractivity (Wildman–Crippen MR) is 105 cm³/mol. The van der Waals surface area contributed by atoms with Crippen LogP contribution < -0.4 is 5.56 Å². The summed E-state index contributed by atoms with van der Waals surface area (Å²) in [5.74, 6) is 0.824. The van der Waals surface area contributed by atoms with Crippen LogP contribution in [0.15, 0.2) is 4.79 Å². The average Bonchev–Trinajstić information content (AvgIpc) is 3.29. The second kappa shape index (κ2) is 7.33. The third kappa shape index (κ3) is 3.41. The number of rotatable bonds is 3. The van der Waals surface area contributed by atoms with Gasteiger partial charge in [-0.25, -0.2) is 4.98 Å². The van der Waals surface area contributed by atoms with Crippen molar-refractivity contribution in [1.29, 1.82) is 0 Å². The third-order valence-electron chi connectivity index (χ3n) is 5.83. The molecule has 2 aliphatic heterocycles. The van der Waals surface area contributed by atoms with Gasteiger partial charge in [0.2, 0.25) is 0 Å². The molecule has 4 rings (SSSR count). The van der Waals surface area contributed by atoms with Gasteiger partial charge in [-0.2, -0.15) is 0 Å². The number of hydrogen-bond acceptors (Lipinski definition) is 6. The van der Waals surface area contributed by atoms with Crippen molar-refractivity contribution in [2.24, 2.45) is 0 Å². The first-order valence-electron chi connectivity index (χ1n) is 9.60. The highest BCUT2D eigenvalue weighted by Gasteiger charge is 2.32. The lowest BCUT2D eigenvalue weighted by Gasteiger charge is -2.38. The van der Waals surface area contributed by atoms with Crippen LogP contribution in [0.5, 0.6) is 0 Å². The lowest BCUT2D eigenvalue weighted by Crippen LogP contribution is -2.52. The van der Waals surface area contributed by atoms with Crippen LogP contribution in [0, 0.1) is 13.8 Å². The number of hydrogen-bond donors (Lipinski definition) is 1. The number of ether oxygens (including phenoxy) is 1. The zero-order valence-corrected chi connectivity index (χ0v) is 16.9. The maximum absolute atomic E-state index is 12.5. The number of amides is 1. The number of nitrogens with zero attached hydrogens (tertiary/aromatic N) is 3. The summed E-state index contributed by atoms with van der Waals surface area (Å²) in [5.41, 5.74) is 0.958. The molecule has 2 aromatic heterocycles. The Morgan fingerprint density at radius 1 is 1.30 bits per heavy atom. The summed E-state index contributed by atoms with van der Waals surface area (Å²) in [5, 5.41) is 0.709. The summed E-state index contributed by atoms with van der Waals surface area (Å²) in [6, 6.07) is 0.00444. The van der Waals surface area contributed by atoms with E-state index in [1.54, 1.807) is 11.3 Å². The van der Waals surface area contributed by atoms with Crippen LogP contribution in [0.1, 0.15) is 42.1 Å². The summed E-state index contributed by atoms with van der Waals surface area (Å²) in [6.07, 6.45) is 1.55. The standard InChI is InChI=1S/C19H26N4O3S/c1-11-13(3)27-18-15(11)17(24)20-16(21-18)12(2)22-6-8-23(9-7-22)19(25)14-5-4-10-26-14/h12,14H,4-10H2,1-3H3,(H,20,21,24). The van der Waals surface area contributed by atoms with Crippen molar-refractivity contribution in [2.45, 2.75) is 45.8 Å². The highest BCUT2D eigenvalue weighted by molar-refractivity contribution is 7.18. The molecule has 0 aliphatic carbocycles. The minimum Gasteiger partial charge on any atom is -0.368 e. The first-order chi connectivity index (χ1) is 13.0. The van der Waals surface area contributed by atoms with Gasteiger partial charge in [-0.15, -0.1) is 11.3 Å². The molecule has 2 aliphatic rings. The molecule has 0 saturated carbocycles. The van der Waals surface area contributed by atoms with Crippen molar-refractivity contribution < 1.29 is 9.53 Å². The number of carbonyl (C=O) groups is 1. The highest BCUT2D eigenvalue weighted by Crippen LogP contribution is 2.27. The van der Waals surface area contributed by atoms with E-state index in [-0.39, 0.29) is 23.6 Å². The van der Waals surface area contributed by atoms with E-state index < -0.39 is 0 Å². The van der Waals surface area contributed by atoms with Crippen molar-refractivity contribution in [3.8, 4) is 0 Å². The number of fused-ring (bicyclic) bond motifs is 1. The minimum absolute atomic E-state index is 0.00444. The molecule has 1 N–H and O–H groups in total. The Morgan fingerprint density at radius 3 is 2.70 bits per heavy atom. The molecule has 2 unspecified atom stereocenters. The van der Waals surface area contributed by atoms with Crippen molar-refractivity contribution >= 4 is 27.5 Å². The van der Waals surface area contributed by atoms with Crippen LogP contribution >= 0.6 is 11.3 Å². The average molecular weight is 391 g/mol. The van der Waals surface area contributed by atoms with Crippen LogP contribution in [-0.4, -0.2) is 64.6 Å². The first-order valence-corrected chi connectivity index (χ1v) is 10.4. The highest BCUT2D eigenvalue weighted by atomic mass is 32.1. The van der Waals surface area contributed by atoms with E-state index in [4.69, 9.17) is 9.72 Å². The van der Waals surface area contributed by atoms with Crippen LogP contribution in [0.3, 0.4) is 0 Å². The number of aromatic amines is 1. The van der Waals surface area contributed by atoms with Gasteiger partial charge < -0.3 is 14.6 Å². The Hall–Kier alpha value is -1.77. The molecule has 1 amide bonds. The Labute approximate surface area is 162 Å². The van der Waals surface area contributed by atoms with Gasteiger partial charge in [0, 0.05) is 37.7 Å². The van der Waals surface area contributed by atoms with E-state index in [0.29, 0.717) is 30.9 Å². The van der Waals surface area contributed by atoms with Crippen LogP contribution in [0.4, 0.5) is 0 Å². The van der Waals surface area contributed by atoms with Gasteiger partial charge in [-0.1, -0.05) is 0 Å². The molecule has 2 atom stereocenters. The van der Waals surface area contributed by atoms with Gasteiger partial charge in [-0.3, -0.25) is 14.5 Å². The Balaban J connectivity index is 1.46. The molecule has 2 saturated heterocycles. The van der Waals surface area contributed by atoms with E-state index in [1.165, 1.54) is 0 Å². The van der Waals surface area contributed by atoms with E-state index in [1.807, 2.05) is 18.7 Å². The lowest BCUT2D eigenvalue weighted by atomic mass is 10.1. The molecular formula is C19H26N4O3S. The Bertz CT molecular complexity index is 908. The van der Waals surface area contributed by atoms with Crippen molar-refractivity contribution in [1.82, 2.24) is 19.8 Å². The number of aryl methyl sites for hydroxylation is 2. The number of H-pyrrole nitrogens is 1. The molecule has 7 nitrogen and oxygen atoms in total. The summed E-state index contributed by atoms with van der Waals surface area (Å²) in [6.45, 7) is 9.66. The van der Waals surface area contributed by atoms with Crippen molar-refractivity contribution in [3.05, 3.63) is 26.6 Å².